The minimum Gasteiger partial charge on any atom is -0.494 e. The first-order valence-corrected chi connectivity index (χ1v) is 11.3. The van der Waals surface area contributed by atoms with Crippen molar-refractivity contribution in [1.29, 1.82) is 0 Å². The van der Waals surface area contributed by atoms with E-state index in [1.54, 1.807) is 0 Å². The molecule has 0 radical (unpaired) electrons. The highest BCUT2D eigenvalue weighted by Gasteiger charge is 2.13. The van der Waals surface area contributed by atoms with Gasteiger partial charge in [-0.15, -0.1) is 0 Å². The lowest BCUT2D eigenvalue weighted by Crippen LogP contribution is -2.05. The molecule has 30 heavy (non-hydrogen) atoms. The fourth-order valence-electron chi connectivity index (χ4n) is 2.95. The van der Waals surface area contributed by atoms with Crippen molar-refractivity contribution in [3.63, 3.8) is 0 Å². The largest absolute Gasteiger partial charge is 0.494 e. The molecular weight excluding hydrogens is 513 g/mol. The van der Waals surface area contributed by atoms with E-state index in [1.165, 1.54) is 0 Å². The molecule has 158 valence electrons. The summed E-state index contributed by atoms with van der Waals surface area (Å²) in [6, 6.07) is 19.8. The maximum Gasteiger partial charge on any atom is 0.174 e. The fraction of sp³-hybridized carbons (Fsp3) is 0.250. The first kappa shape index (κ1) is 22.6. The Morgan fingerprint density at radius 2 is 1.63 bits per heavy atom. The fourth-order valence-corrected chi connectivity index (χ4v) is 3.98. The molecule has 0 unspecified atom stereocenters. The Morgan fingerprint density at radius 3 is 2.33 bits per heavy atom. The van der Waals surface area contributed by atoms with Crippen LogP contribution in [0.1, 0.15) is 25.0 Å². The van der Waals surface area contributed by atoms with Crippen molar-refractivity contribution in [3.8, 4) is 17.2 Å². The van der Waals surface area contributed by atoms with E-state index in [1.807, 2.05) is 68.4 Å². The highest BCUT2D eigenvalue weighted by molar-refractivity contribution is 14.1. The summed E-state index contributed by atoms with van der Waals surface area (Å²) in [7, 11) is 0. The minimum atomic E-state index is 0.431. The van der Waals surface area contributed by atoms with Gasteiger partial charge in [0.25, 0.3) is 0 Å². The number of hydrogen-bond donors (Lipinski definition) is 1. The van der Waals surface area contributed by atoms with Crippen LogP contribution < -0.4 is 19.5 Å². The summed E-state index contributed by atoms with van der Waals surface area (Å²) in [5, 5.41) is 4.14. The summed E-state index contributed by atoms with van der Waals surface area (Å²) in [5.74, 6) is 2.37. The van der Waals surface area contributed by atoms with Gasteiger partial charge in [0.2, 0.25) is 0 Å². The Labute approximate surface area is 196 Å². The molecule has 0 amide bonds. The van der Waals surface area contributed by atoms with Crippen molar-refractivity contribution in [2.45, 2.75) is 27.0 Å². The van der Waals surface area contributed by atoms with Gasteiger partial charge in [0.05, 0.1) is 16.8 Å². The monoisotopic (exact) mass is 537 g/mol. The van der Waals surface area contributed by atoms with Crippen LogP contribution in [0.3, 0.4) is 0 Å². The third-order valence-electron chi connectivity index (χ3n) is 4.30. The molecule has 0 bridgehead atoms. The SMILES string of the molecule is CCOc1ccc(NCc2cc(I)c(OCc3cccc(Cl)c3)c(OCC)c2)cc1. The lowest BCUT2D eigenvalue weighted by Gasteiger charge is -2.16. The van der Waals surface area contributed by atoms with Gasteiger partial charge < -0.3 is 19.5 Å². The smallest absolute Gasteiger partial charge is 0.174 e. The topological polar surface area (TPSA) is 39.7 Å². The van der Waals surface area contributed by atoms with E-state index in [-0.39, 0.29) is 0 Å². The van der Waals surface area contributed by atoms with Gasteiger partial charge in [-0.05, 0) is 96.1 Å². The molecule has 1 N–H and O–H groups in total. The van der Waals surface area contributed by atoms with Crippen molar-refractivity contribution in [1.82, 2.24) is 0 Å². The van der Waals surface area contributed by atoms with Gasteiger partial charge in [-0.25, -0.2) is 0 Å². The summed E-state index contributed by atoms with van der Waals surface area (Å²) in [4.78, 5) is 0. The molecule has 3 rings (SSSR count). The van der Waals surface area contributed by atoms with Gasteiger partial charge in [0, 0.05) is 17.3 Å². The molecule has 0 aliphatic heterocycles. The van der Waals surface area contributed by atoms with Gasteiger partial charge in [-0.2, -0.15) is 0 Å². The van der Waals surface area contributed by atoms with Crippen LogP contribution >= 0.6 is 34.2 Å². The van der Waals surface area contributed by atoms with E-state index in [9.17, 15) is 0 Å². The third-order valence-corrected chi connectivity index (χ3v) is 5.34. The van der Waals surface area contributed by atoms with Crippen LogP contribution in [0.25, 0.3) is 0 Å². The Morgan fingerprint density at radius 1 is 0.867 bits per heavy atom. The summed E-state index contributed by atoms with van der Waals surface area (Å²) in [6.07, 6.45) is 0. The van der Waals surface area contributed by atoms with Gasteiger partial charge in [-0.1, -0.05) is 23.7 Å². The van der Waals surface area contributed by atoms with Crippen LogP contribution in [0, 0.1) is 3.57 Å². The first-order valence-electron chi connectivity index (χ1n) is 9.88. The molecule has 0 atom stereocenters. The van der Waals surface area contributed by atoms with Crippen molar-refractivity contribution in [3.05, 3.63) is 80.4 Å². The first-order chi connectivity index (χ1) is 14.6. The lowest BCUT2D eigenvalue weighted by molar-refractivity contribution is 0.267. The third kappa shape index (κ3) is 6.44. The molecule has 4 nitrogen and oxygen atoms in total. The summed E-state index contributed by atoms with van der Waals surface area (Å²) >= 11 is 8.37. The summed E-state index contributed by atoms with van der Waals surface area (Å²) in [6.45, 7) is 6.29. The molecule has 0 spiro atoms. The number of hydrogen-bond acceptors (Lipinski definition) is 4. The Bertz CT molecular complexity index is 963. The van der Waals surface area contributed by atoms with Crippen molar-refractivity contribution >= 4 is 39.9 Å². The number of nitrogens with one attached hydrogen (secondary N) is 1. The predicted octanol–water partition coefficient (Wildman–Crippen LogP) is 6.93. The van der Waals surface area contributed by atoms with Crippen LogP contribution in [0.15, 0.2) is 60.7 Å². The normalized spacial score (nSPS) is 10.5. The second-order valence-corrected chi connectivity index (χ2v) is 8.17. The molecule has 0 aliphatic rings. The van der Waals surface area contributed by atoms with Crippen LogP contribution in [-0.4, -0.2) is 13.2 Å². The number of ether oxygens (including phenoxy) is 3. The van der Waals surface area contributed by atoms with E-state index >= 15 is 0 Å². The Kier molecular flexibility index (Phi) is 8.51. The molecule has 0 aromatic heterocycles. The molecule has 6 heteroatoms. The number of rotatable bonds is 10. The molecule has 0 saturated heterocycles. The average Bonchev–Trinajstić information content (AvgIpc) is 2.73. The van der Waals surface area contributed by atoms with Gasteiger partial charge in [0.15, 0.2) is 11.5 Å². The van der Waals surface area contributed by atoms with Crippen LogP contribution in [-0.2, 0) is 13.2 Å². The van der Waals surface area contributed by atoms with Gasteiger partial charge in [-0.3, -0.25) is 0 Å². The average molecular weight is 538 g/mol. The maximum absolute atomic E-state index is 6.09. The highest BCUT2D eigenvalue weighted by Crippen LogP contribution is 2.35. The quantitative estimate of drug-likeness (QED) is 0.285. The van der Waals surface area contributed by atoms with Crippen LogP contribution in [0.4, 0.5) is 5.69 Å². The number of anilines is 1. The van der Waals surface area contributed by atoms with E-state index < -0.39 is 0 Å². The zero-order valence-electron chi connectivity index (χ0n) is 17.1. The van der Waals surface area contributed by atoms with Crippen molar-refractivity contribution in [2.24, 2.45) is 0 Å². The summed E-state index contributed by atoms with van der Waals surface area (Å²) < 4.78 is 18.4. The minimum absolute atomic E-state index is 0.431. The predicted molar refractivity (Wildman–Crippen MR) is 131 cm³/mol. The second kappa shape index (κ2) is 11.3. The Balaban J connectivity index is 1.70. The standard InChI is InChI=1S/C24H25ClINO3/c1-3-28-21-10-8-20(9-11-21)27-15-18-13-22(26)24(23(14-18)29-4-2)30-16-17-6-5-7-19(25)12-17/h5-14,27H,3-4,15-16H2,1-2H3. The molecule has 0 fully saturated rings. The van der Waals surface area contributed by atoms with Crippen molar-refractivity contribution < 1.29 is 14.2 Å². The molecule has 0 aliphatic carbocycles. The zero-order chi connectivity index (χ0) is 21.3. The van der Waals surface area contributed by atoms with E-state index in [0.717, 1.165) is 37.6 Å². The molecule has 0 heterocycles. The van der Waals surface area contributed by atoms with E-state index in [2.05, 4.69) is 34.0 Å². The number of halogens is 2. The lowest BCUT2D eigenvalue weighted by atomic mass is 10.2. The van der Waals surface area contributed by atoms with E-state index in [4.69, 9.17) is 25.8 Å². The van der Waals surface area contributed by atoms with E-state index in [0.29, 0.717) is 31.4 Å². The highest BCUT2D eigenvalue weighted by atomic mass is 127. The van der Waals surface area contributed by atoms with Crippen LogP contribution in [0.2, 0.25) is 5.02 Å². The second-order valence-electron chi connectivity index (χ2n) is 6.57. The zero-order valence-corrected chi connectivity index (χ0v) is 20.0. The summed E-state index contributed by atoms with van der Waals surface area (Å²) in [5.41, 5.74) is 3.17. The van der Waals surface area contributed by atoms with Crippen molar-refractivity contribution in [2.75, 3.05) is 18.5 Å². The van der Waals surface area contributed by atoms with Gasteiger partial charge >= 0.3 is 0 Å². The molecule has 3 aromatic carbocycles. The molecular formula is C24H25ClINO3. The molecule has 0 saturated carbocycles. The Hall–Kier alpha value is -2.12. The van der Waals surface area contributed by atoms with Gasteiger partial charge in [0.1, 0.15) is 12.4 Å². The van der Waals surface area contributed by atoms with Crippen LogP contribution in [0.5, 0.6) is 17.2 Å². The number of benzene rings is 3. The molecule has 3 aromatic rings. The maximum atomic E-state index is 6.09.